The van der Waals surface area contributed by atoms with Gasteiger partial charge >= 0.3 is 6.03 Å². The van der Waals surface area contributed by atoms with Crippen molar-refractivity contribution in [1.82, 2.24) is 0 Å². The highest BCUT2D eigenvalue weighted by Gasteiger charge is 2.13. The minimum absolute atomic E-state index is 0.0212. The van der Waals surface area contributed by atoms with E-state index in [1.54, 1.807) is 13.1 Å². The summed E-state index contributed by atoms with van der Waals surface area (Å²) in [5.74, 6) is 0. The number of hydrogen-bond donors (Lipinski definition) is 1. The molecule has 0 aliphatic heterocycles. The molecule has 2 amide bonds. The summed E-state index contributed by atoms with van der Waals surface area (Å²) in [6.07, 6.45) is 0. The molecule has 2 rings (SSSR count). The normalized spacial score (nSPS) is 10.0. The highest BCUT2D eigenvalue weighted by Crippen LogP contribution is 2.25. The van der Waals surface area contributed by atoms with Crippen LogP contribution in [0.4, 0.5) is 21.9 Å². The largest absolute Gasteiger partial charge is 0.326 e. The van der Waals surface area contributed by atoms with E-state index in [0.29, 0.717) is 5.69 Å². The van der Waals surface area contributed by atoms with E-state index >= 15 is 0 Å². The zero-order valence-corrected chi connectivity index (χ0v) is 12.7. The van der Waals surface area contributed by atoms with Crippen LogP contribution >= 0.6 is 15.9 Å². The number of nitro benzene ring substituents is 1. The Morgan fingerprint density at radius 1 is 1.19 bits per heavy atom. The number of halogens is 1. The molecule has 21 heavy (non-hydrogen) atoms. The number of nitrogens with zero attached hydrogens (tertiary/aromatic N) is 2. The Balaban J connectivity index is 2.11. The molecule has 0 aliphatic carbocycles. The van der Waals surface area contributed by atoms with Gasteiger partial charge in [0.05, 0.1) is 10.6 Å². The Labute approximate surface area is 129 Å². The second kappa shape index (κ2) is 6.36. The fourth-order valence-corrected chi connectivity index (χ4v) is 2.26. The van der Waals surface area contributed by atoms with Crippen LogP contribution in [0.1, 0.15) is 0 Å². The first kappa shape index (κ1) is 15.0. The second-order valence-corrected chi connectivity index (χ2v) is 5.10. The molecule has 0 saturated heterocycles. The van der Waals surface area contributed by atoms with Crippen molar-refractivity contribution in [3.05, 3.63) is 63.1 Å². The van der Waals surface area contributed by atoms with Gasteiger partial charge in [-0.05, 0) is 40.2 Å². The molecule has 1 N–H and O–H groups in total. The monoisotopic (exact) mass is 349 g/mol. The van der Waals surface area contributed by atoms with E-state index in [1.807, 2.05) is 18.2 Å². The highest BCUT2D eigenvalue weighted by molar-refractivity contribution is 9.10. The molecule has 2 aromatic rings. The first-order valence-corrected chi connectivity index (χ1v) is 6.82. The van der Waals surface area contributed by atoms with Crippen LogP contribution in [-0.4, -0.2) is 18.0 Å². The number of nitrogens with one attached hydrogen (secondary N) is 1. The summed E-state index contributed by atoms with van der Waals surface area (Å²) in [7, 11) is 1.64. The predicted octanol–water partition coefficient (Wildman–Crippen LogP) is 4.03. The minimum atomic E-state index is -0.487. The van der Waals surface area contributed by atoms with Gasteiger partial charge in [0.2, 0.25) is 0 Å². The Hall–Kier alpha value is -2.41. The molecule has 2 aromatic carbocycles. The molecule has 0 spiro atoms. The Morgan fingerprint density at radius 3 is 2.38 bits per heavy atom. The molecular formula is C14H12BrN3O3. The Kier molecular flexibility index (Phi) is 4.54. The van der Waals surface area contributed by atoms with Gasteiger partial charge in [-0.3, -0.25) is 15.0 Å². The maximum atomic E-state index is 12.1. The van der Waals surface area contributed by atoms with Crippen molar-refractivity contribution in [2.24, 2.45) is 0 Å². The van der Waals surface area contributed by atoms with Crippen LogP contribution in [0.25, 0.3) is 0 Å². The average molecular weight is 350 g/mol. The van der Waals surface area contributed by atoms with Gasteiger partial charge in [-0.15, -0.1) is 0 Å². The Bertz CT molecular complexity index is 673. The molecule has 0 aromatic heterocycles. The molecule has 7 heteroatoms. The van der Waals surface area contributed by atoms with E-state index in [9.17, 15) is 14.9 Å². The van der Waals surface area contributed by atoms with Gasteiger partial charge in [0.1, 0.15) is 0 Å². The lowest BCUT2D eigenvalue weighted by Gasteiger charge is -2.19. The maximum absolute atomic E-state index is 12.1. The quantitative estimate of drug-likeness (QED) is 0.671. The zero-order chi connectivity index (χ0) is 15.4. The maximum Gasteiger partial charge on any atom is 0.326 e. The number of carbonyl (C=O) groups is 1. The highest BCUT2D eigenvalue weighted by atomic mass is 79.9. The van der Waals surface area contributed by atoms with Crippen LogP contribution in [0.15, 0.2) is 53.0 Å². The summed E-state index contributed by atoms with van der Waals surface area (Å²) in [6, 6.07) is 12.7. The summed E-state index contributed by atoms with van der Waals surface area (Å²) >= 11 is 3.38. The Morgan fingerprint density at radius 2 is 1.81 bits per heavy atom. The van der Waals surface area contributed by atoms with Gasteiger partial charge in [-0.2, -0.15) is 0 Å². The van der Waals surface area contributed by atoms with E-state index in [4.69, 9.17) is 0 Å². The van der Waals surface area contributed by atoms with Crippen LogP contribution < -0.4 is 10.2 Å². The van der Waals surface area contributed by atoms with Crippen LogP contribution in [0.3, 0.4) is 0 Å². The van der Waals surface area contributed by atoms with Crippen molar-refractivity contribution >= 4 is 39.0 Å². The molecule has 0 bridgehead atoms. The minimum Gasteiger partial charge on any atom is -0.308 e. The lowest BCUT2D eigenvalue weighted by molar-refractivity contribution is -0.384. The van der Waals surface area contributed by atoms with Crippen LogP contribution in [0, 0.1) is 10.1 Å². The number of nitro groups is 1. The van der Waals surface area contributed by atoms with Crippen molar-refractivity contribution < 1.29 is 9.72 Å². The lowest BCUT2D eigenvalue weighted by Crippen LogP contribution is -2.31. The number of amides is 2. The summed E-state index contributed by atoms with van der Waals surface area (Å²) in [4.78, 5) is 23.7. The van der Waals surface area contributed by atoms with E-state index in [1.165, 1.54) is 29.2 Å². The molecule has 0 atom stereocenters. The second-order valence-electron chi connectivity index (χ2n) is 4.24. The number of para-hydroxylation sites is 1. The molecule has 0 radical (unpaired) electrons. The summed E-state index contributed by atoms with van der Waals surface area (Å²) < 4.78 is 0.798. The smallest absolute Gasteiger partial charge is 0.308 e. The molecule has 0 saturated carbocycles. The van der Waals surface area contributed by atoms with Gasteiger partial charge in [-0.1, -0.05) is 12.1 Å². The van der Waals surface area contributed by atoms with Gasteiger partial charge in [0.15, 0.2) is 0 Å². The standard InChI is InChI=1S/C14H12BrN3O3/c1-17(13-5-3-2-4-12(13)15)14(19)16-10-6-8-11(9-7-10)18(20)21/h2-9H,1H3,(H,16,19). The number of non-ortho nitro benzene ring substituents is 1. The van der Waals surface area contributed by atoms with Crippen molar-refractivity contribution in [1.29, 1.82) is 0 Å². The summed E-state index contributed by atoms with van der Waals surface area (Å²) in [6.45, 7) is 0. The third-order valence-corrected chi connectivity index (χ3v) is 3.52. The lowest BCUT2D eigenvalue weighted by atomic mass is 10.3. The molecule has 0 aliphatic rings. The van der Waals surface area contributed by atoms with Gasteiger partial charge in [0.25, 0.3) is 5.69 Å². The van der Waals surface area contributed by atoms with E-state index in [2.05, 4.69) is 21.2 Å². The van der Waals surface area contributed by atoms with Gasteiger partial charge < -0.3 is 5.32 Å². The fourth-order valence-electron chi connectivity index (χ4n) is 1.71. The number of anilines is 2. The van der Waals surface area contributed by atoms with Crippen LogP contribution in [0.2, 0.25) is 0 Å². The molecular weight excluding hydrogens is 338 g/mol. The number of benzene rings is 2. The zero-order valence-electron chi connectivity index (χ0n) is 11.1. The molecule has 0 heterocycles. The first-order chi connectivity index (χ1) is 9.99. The van der Waals surface area contributed by atoms with E-state index in [-0.39, 0.29) is 11.7 Å². The van der Waals surface area contributed by atoms with Crippen LogP contribution in [0.5, 0.6) is 0 Å². The SMILES string of the molecule is CN(C(=O)Nc1ccc([N+](=O)[O-])cc1)c1ccccc1Br. The van der Waals surface area contributed by atoms with Crippen molar-refractivity contribution in [3.63, 3.8) is 0 Å². The number of carbonyl (C=O) groups excluding carboxylic acids is 1. The van der Waals surface area contributed by atoms with Crippen molar-refractivity contribution in [2.45, 2.75) is 0 Å². The number of hydrogen-bond acceptors (Lipinski definition) is 3. The van der Waals surface area contributed by atoms with Crippen molar-refractivity contribution in [2.75, 3.05) is 17.3 Å². The van der Waals surface area contributed by atoms with Gasteiger partial charge in [0, 0.05) is 29.3 Å². The average Bonchev–Trinajstić information content (AvgIpc) is 2.47. The third kappa shape index (κ3) is 3.57. The molecule has 0 fully saturated rings. The van der Waals surface area contributed by atoms with Crippen LogP contribution in [-0.2, 0) is 0 Å². The summed E-state index contributed by atoms with van der Waals surface area (Å²) in [5.41, 5.74) is 1.19. The predicted molar refractivity (Wildman–Crippen MR) is 84.7 cm³/mol. The van der Waals surface area contributed by atoms with Crippen molar-refractivity contribution in [3.8, 4) is 0 Å². The fraction of sp³-hybridized carbons (Fsp3) is 0.0714. The summed E-state index contributed by atoms with van der Waals surface area (Å²) in [5, 5.41) is 13.2. The molecule has 108 valence electrons. The third-order valence-electron chi connectivity index (χ3n) is 2.85. The number of urea groups is 1. The molecule has 0 unspecified atom stereocenters. The van der Waals surface area contributed by atoms with E-state index < -0.39 is 4.92 Å². The molecule has 6 nitrogen and oxygen atoms in total. The topological polar surface area (TPSA) is 75.5 Å². The first-order valence-electron chi connectivity index (χ1n) is 6.03. The van der Waals surface area contributed by atoms with Gasteiger partial charge in [-0.25, -0.2) is 4.79 Å². The van der Waals surface area contributed by atoms with E-state index in [0.717, 1.165) is 10.2 Å². The number of rotatable bonds is 3.